The summed E-state index contributed by atoms with van der Waals surface area (Å²) in [7, 11) is 0. The van der Waals surface area contributed by atoms with Crippen LogP contribution in [-0.4, -0.2) is 4.57 Å². The van der Waals surface area contributed by atoms with Crippen LogP contribution in [0.1, 0.15) is 0 Å². The molecule has 0 aliphatic heterocycles. The summed E-state index contributed by atoms with van der Waals surface area (Å²) in [5.74, 6) is 0. The summed E-state index contributed by atoms with van der Waals surface area (Å²) in [6.45, 7) is 0. The van der Waals surface area contributed by atoms with Gasteiger partial charge in [0.2, 0.25) is 0 Å². The molecule has 0 N–H and O–H groups in total. The maximum atomic E-state index is 2.49. The zero-order valence-electron chi connectivity index (χ0n) is 38.5. The van der Waals surface area contributed by atoms with Crippen molar-refractivity contribution >= 4 is 60.4 Å². The number of para-hydroxylation sites is 2. The minimum atomic E-state index is 1.08. The van der Waals surface area contributed by atoms with Gasteiger partial charge in [-0.25, -0.2) is 0 Å². The van der Waals surface area contributed by atoms with Crippen LogP contribution in [0.2, 0.25) is 0 Å². The van der Waals surface area contributed by atoms with Crippen LogP contribution in [0.4, 0.5) is 17.1 Å². The van der Waals surface area contributed by atoms with E-state index in [1.54, 1.807) is 0 Å². The molecule has 0 aliphatic carbocycles. The second-order valence-electron chi connectivity index (χ2n) is 18.0. The zero-order valence-corrected chi connectivity index (χ0v) is 38.5. The van der Waals surface area contributed by atoms with Crippen molar-refractivity contribution in [3.8, 4) is 61.3 Å². The first-order valence-electron chi connectivity index (χ1n) is 24.1. The van der Waals surface area contributed by atoms with Gasteiger partial charge in [-0.1, -0.05) is 218 Å². The lowest BCUT2D eigenvalue weighted by Crippen LogP contribution is -2.11. The lowest BCUT2D eigenvalue weighted by atomic mass is 9.95. The van der Waals surface area contributed by atoms with Gasteiger partial charge in [0, 0.05) is 33.3 Å². The number of aromatic nitrogens is 1. The Morgan fingerprint density at radius 1 is 0.243 bits per heavy atom. The van der Waals surface area contributed by atoms with Crippen LogP contribution in [0.15, 0.2) is 279 Å². The number of nitrogens with zero attached hydrogens (tertiary/aromatic N) is 2. The predicted octanol–water partition coefficient (Wildman–Crippen LogP) is 18.9. The van der Waals surface area contributed by atoms with Crippen molar-refractivity contribution in [2.24, 2.45) is 0 Å². The first kappa shape index (κ1) is 41.0. The van der Waals surface area contributed by atoms with E-state index in [0.29, 0.717) is 0 Å². The van der Waals surface area contributed by atoms with Crippen LogP contribution in [0.5, 0.6) is 0 Å². The second kappa shape index (κ2) is 17.4. The molecule has 0 spiro atoms. The van der Waals surface area contributed by atoms with E-state index < -0.39 is 0 Å². The van der Waals surface area contributed by atoms with E-state index in [4.69, 9.17) is 0 Å². The summed E-state index contributed by atoms with van der Waals surface area (Å²) in [6, 6.07) is 102. The fourth-order valence-corrected chi connectivity index (χ4v) is 10.7. The van der Waals surface area contributed by atoms with Crippen molar-refractivity contribution in [3.63, 3.8) is 0 Å². The fraction of sp³-hybridized carbons (Fsp3) is 0. The fourth-order valence-electron chi connectivity index (χ4n) is 10.7. The lowest BCUT2D eigenvalue weighted by Gasteiger charge is -2.29. The van der Waals surface area contributed by atoms with E-state index >= 15 is 0 Å². The van der Waals surface area contributed by atoms with Gasteiger partial charge in [0.1, 0.15) is 0 Å². The molecule has 0 saturated carbocycles. The highest BCUT2D eigenvalue weighted by Crippen LogP contribution is 2.46. The molecule has 1 aromatic heterocycles. The van der Waals surface area contributed by atoms with Crippen molar-refractivity contribution in [1.82, 2.24) is 4.57 Å². The third kappa shape index (κ3) is 7.22. The Hall–Kier alpha value is -9.24. The summed E-state index contributed by atoms with van der Waals surface area (Å²) in [6.07, 6.45) is 0. The monoisotopic (exact) mass is 890 g/mol. The molecule has 0 amide bonds. The van der Waals surface area contributed by atoms with Gasteiger partial charge in [-0.15, -0.1) is 0 Å². The van der Waals surface area contributed by atoms with Crippen LogP contribution in [0.3, 0.4) is 0 Å². The van der Waals surface area contributed by atoms with Gasteiger partial charge in [0.15, 0.2) is 0 Å². The summed E-state index contributed by atoms with van der Waals surface area (Å²) in [5, 5.41) is 7.40. The van der Waals surface area contributed by atoms with Gasteiger partial charge >= 0.3 is 0 Å². The second-order valence-corrected chi connectivity index (χ2v) is 18.0. The average molecular weight is 891 g/mol. The topological polar surface area (TPSA) is 8.17 Å². The van der Waals surface area contributed by atoms with Crippen LogP contribution in [0, 0.1) is 0 Å². The minimum absolute atomic E-state index is 1.08. The molecule has 70 heavy (non-hydrogen) atoms. The molecule has 0 radical (unpaired) electrons. The van der Waals surface area contributed by atoms with Crippen molar-refractivity contribution < 1.29 is 0 Å². The summed E-state index contributed by atoms with van der Waals surface area (Å²) in [4.78, 5) is 2.41. The highest BCUT2D eigenvalue weighted by Gasteiger charge is 2.22. The van der Waals surface area contributed by atoms with Crippen LogP contribution < -0.4 is 4.90 Å². The molecule has 13 rings (SSSR count). The average Bonchev–Trinajstić information content (AvgIpc) is 3.76. The highest BCUT2D eigenvalue weighted by molar-refractivity contribution is 6.14. The van der Waals surface area contributed by atoms with E-state index in [9.17, 15) is 0 Å². The Labute approximate surface area is 408 Å². The SMILES string of the molecule is c1ccc(-c2ccc(N(c3ccc(-c4ccccc4)cc3)c3ccccc3-c3ccccc3-n3c4ccc(-c5cccc6ccccc56)cc4c4cc(-c5cccc6ccccc56)ccc43)cc2)cc1. The Kier molecular flexibility index (Phi) is 10.2. The lowest BCUT2D eigenvalue weighted by molar-refractivity contribution is 1.18. The third-order valence-corrected chi connectivity index (χ3v) is 14.0. The molecule has 0 fully saturated rings. The zero-order chi connectivity index (χ0) is 46.4. The minimum Gasteiger partial charge on any atom is -0.310 e. The molecule has 2 nitrogen and oxygen atoms in total. The van der Waals surface area contributed by atoms with Gasteiger partial charge in [-0.05, 0) is 127 Å². The molecular formula is C68H46N2. The van der Waals surface area contributed by atoms with Crippen molar-refractivity contribution in [2.75, 3.05) is 4.90 Å². The van der Waals surface area contributed by atoms with E-state index in [-0.39, 0.29) is 0 Å². The van der Waals surface area contributed by atoms with E-state index in [1.165, 1.54) is 76.8 Å². The van der Waals surface area contributed by atoms with Crippen LogP contribution in [-0.2, 0) is 0 Å². The molecule has 328 valence electrons. The largest absolute Gasteiger partial charge is 0.310 e. The standard InChI is InChI=1S/C68H46N2/c1-3-17-47(18-4-1)49-33-39-55(40-34-49)69(56-41-35-50(36-42-56)48-19-5-2-6-20-48)65-31-13-11-27-61(65)62-28-12-14-32-66(62)70-67-43-37-53(59-29-15-23-51-21-7-9-25-57(51)59)45-63(67)64-46-54(38-44-68(64)70)60-30-16-24-52-22-8-10-26-58(52)60/h1-46H. The van der Waals surface area contributed by atoms with E-state index in [2.05, 4.69) is 289 Å². The normalized spacial score (nSPS) is 11.4. The van der Waals surface area contributed by atoms with Crippen molar-refractivity contribution in [3.05, 3.63) is 279 Å². The van der Waals surface area contributed by atoms with Crippen molar-refractivity contribution in [2.45, 2.75) is 0 Å². The Morgan fingerprint density at radius 3 is 1.16 bits per heavy atom. The molecule has 0 saturated heterocycles. The summed E-state index contributed by atoms with van der Waals surface area (Å²) < 4.78 is 2.49. The number of hydrogen-bond donors (Lipinski definition) is 0. The maximum absolute atomic E-state index is 2.49. The van der Waals surface area contributed by atoms with Crippen LogP contribution >= 0.6 is 0 Å². The van der Waals surface area contributed by atoms with Crippen molar-refractivity contribution in [1.29, 1.82) is 0 Å². The van der Waals surface area contributed by atoms with Gasteiger partial charge in [-0.2, -0.15) is 0 Å². The molecular weight excluding hydrogens is 845 g/mol. The Bertz CT molecular complexity index is 3810. The highest BCUT2D eigenvalue weighted by atomic mass is 15.1. The van der Waals surface area contributed by atoms with Gasteiger partial charge in [-0.3, -0.25) is 0 Å². The Balaban J connectivity index is 1.01. The maximum Gasteiger partial charge on any atom is 0.0541 e. The Morgan fingerprint density at radius 2 is 0.629 bits per heavy atom. The first-order chi connectivity index (χ1) is 34.7. The molecule has 1 heterocycles. The number of hydrogen-bond acceptors (Lipinski definition) is 1. The molecule has 13 aromatic rings. The number of fused-ring (bicyclic) bond motifs is 5. The first-order valence-corrected chi connectivity index (χ1v) is 24.1. The molecule has 0 bridgehead atoms. The van der Waals surface area contributed by atoms with E-state index in [0.717, 1.165) is 44.9 Å². The summed E-state index contributed by atoms with van der Waals surface area (Å²) in [5.41, 5.74) is 18.6. The van der Waals surface area contributed by atoms with Gasteiger partial charge < -0.3 is 9.47 Å². The van der Waals surface area contributed by atoms with E-state index in [1.807, 2.05) is 0 Å². The molecule has 0 aliphatic rings. The molecule has 0 unspecified atom stereocenters. The predicted molar refractivity (Wildman–Crippen MR) is 298 cm³/mol. The quantitative estimate of drug-likeness (QED) is 0.140. The molecule has 0 atom stereocenters. The third-order valence-electron chi connectivity index (χ3n) is 14.0. The van der Waals surface area contributed by atoms with Gasteiger partial charge in [0.05, 0.1) is 22.4 Å². The summed E-state index contributed by atoms with van der Waals surface area (Å²) >= 11 is 0. The van der Waals surface area contributed by atoms with Crippen LogP contribution in [0.25, 0.3) is 105 Å². The number of rotatable bonds is 9. The number of benzene rings is 12. The molecule has 12 aromatic carbocycles. The van der Waals surface area contributed by atoms with Gasteiger partial charge in [0.25, 0.3) is 0 Å². The number of anilines is 3. The molecule has 2 heteroatoms. The smallest absolute Gasteiger partial charge is 0.0541 e.